The number of imidazole rings is 1. The Morgan fingerprint density at radius 3 is 2.80 bits per heavy atom. The van der Waals surface area contributed by atoms with Crippen LogP contribution in [0.3, 0.4) is 0 Å². The van der Waals surface area contributed by atoms with Crippen molar-refractivity contribution in [3.63, 3.8) is 0 Å². The zero-order valence-electron chi connectivity index (χ0n) is 13.8. The first-order valence-corrected chi connectivity index (χ1v) is 8.26. The molecule has 1 N–H and O–H groups in total. The van der Waals surface area contributed by atoms with Crippen LogP contribution in [0.2, 0.25) is 0 Å². The van der Waals surface area contributed by atoms with Gasteiger partial charge in [0.2, 0.25) is 0 Å². The first kappa shape index (κ1) is 14.0. The molecule has 0 amide bonds. The average molecular weight is 324 g/mol. The molecule has 0 bridgehead atoms. The van der Waals surface area contributed by atoms with Gasteiger partial charge in [0.05, 0.1) is 0 Å². The van der Waals surface area contributed by atoms with Crippen molar-refractivity contribution in [1.82, 2.24) is 19.4 Å². The zero-order valence-corrected chi connectivity index (χ0v) is 13.8. The van der Waals surface area contributed by atoms with Crippen LogP contribution in [0.5, 0.6) is 0 Å². The van der Waals surface area contributed by atoms with E-state index in [1.807, 2.05) is 35.3 Å². The number of rotatable bonds is 2. The average Bonchev–Trinajstić information content (AvgIpc) is 3.27. The van der Waals surface area contributed by atoms with E-state index in [1.165, 1.54) is 11.1 Å². The summed E-state index contributed by atoms with van der Waals surface area (Å²) in [4.78, 5) is 12.2. The number of aryl methyl sites for hydroxylation is 1. The van der Waals surface area contributed by atoms with Crippen LogP contribution in [0, 0.1) is 6.92 Å². The van der Waals surface area contributed by atoms with Crippen LogP contribution >= 0.6 is 0 Å². The number of nitrogens with zero attached hydrogens (tertiary/aromatic N) is 3. The molecule has 4 aromatic heterocycles. The van der Waals surface area contributed by atoms with Crippen LogP contribution in [0.4, 0.5) is 0 Å². The maximum Gasteiger partial charge on any atom is 0.137 e. The van der Waals surface area contributed by atoms with Crippen molar-refractivity contribution in [2.24, 2.45) is 0 Å². The van der Waals surface area contributed by atoms with E-state index in [0.717, 1.165) is 33.4 Å². The summed E-state index contributed by atoms with van der Waals surface area (Å²) in [6.45, 7) is 2.13. The maximum atomic E-state index is 4.62. The summed E-state index contributed by atoms with van der Waals surface area (Å²) < 4.78 is 2.03. The number of nitrogens with one attached hydrogen (secondary N) is 1. The number of pyridine rings is 2. The Labute approximate surface area is 144 Å². The predicted molar refractivity (Wildman–Crippen MR) is 100 cm³/mol. The maximum absolute atomic E-state index is 4.62. The van der Waals surface area contributed by atoms with Gasteiger partial charge in [-0.2, -0.15) is 0 Å². The van der Waals surface area contributed by atoms with Gasteiger partial charge in [0.15, 0.2) is 0 Å². The Hall–Kier alpha value is -3.40. The van der Waals surface area contributed by atoms with Gasteiger partial charge in [-0.05, 0) is 36.2 Å². The molecule has 0 aliphatic carbocycles. The lowest BCUT2D eigenvalue weighted by molar-refractivity contribution is 1.19. The van der Waals surface area contributed by atoms with E-state index in [1.54, 1.807) is 0 Å². The summed E-state index contributed by atoms with van der Waals surface area (Å²) in [6, 6.07) is 14.8. The molecule has 0 spiro atoms. The van der Waals surface area contributed by atoms with Crippen LogP contribution < -0.4 is 0 Å². The van der Waals surface area contributed by atoms with Crippen LogP contribution in [-0.2, 0) is 0 Å². The van der Waals surface area contributed by atoms with Gasteiger partial charge < -0.3 is 9.38 Å². The fraction of sp³-hybridized carbons (Fsp3) is 0.0476. The highest BCUT2D eigenvalue weighted by Gasteiger charge is 2.10. The smallest absolute Gasteiger partial charge is 0.137 e. The summed E-state index contributed by atoms with van der Waals surface area (Å²) in [6.07, 6.45) is 9.84. The van der Waals surface area contributed by atoms with Gasteiger partial charge in [-0.15, -0.1) is 0 Å². The van der Waals surface area contributed by atoms with Crippen LogP contribution in [0.25, 0.3) is 38.9 Å². The van der Waals surface area contributed by atoms with Crippen molar-refractivity contribution in [2.45, 2.75) is 6.92 Å². The monoisotopic (exact) mass is 324 g/mol. The van der Waals surface area contributed by atoms with E-state index in [2.05, 4.69) is 64.5 Å². The molecule has 4 heterocycles. The van der Waals surface area contributed by atoms with Crippen LogP contribution in [0.15, 0.2) is 73.4 Å². The van der Waals surface area contributed by atoms with Crippen molar-refractivity contribution in [3.8, 4) is 22.3 Å². The summed E-state index contributed by atoms with van der Waals surface area (Å²) in [5.41, 5.74) is 7.74. The number of H-pyrrole nitrogens is 1. The van der Waals surface area contributed by atoms with Gasteiger partial charge in [0.25, 0.3) is 0 Å². The zero-order chi connectivity index (χ0) is 16.8. The van der Waals surface area contributed by atoms with Gasteiger partial charge >= 0.3 is 0 Å². The Kier molecular flexibility index (Phi) is 2.97. The molecule has 0 saturated heterocycles. The number of benzene rings is 1. The number of hydrogen-bond acceptors (Lipinski definition) is 2. The SMILES string of the molecule is Cc1ccccc1-c1cnc2[nH]cc(-c3ccc4nccn4c3)c2c1. The molecule has 0 unspecified atom stereocenters. The minimum Gasteiger partial charge on any atom is -0.346 e. The van der Waals surface area contributed by atoms with Crippen molar-refractivity contribution in [1.29, 1.82) is 0 Å². The molecule has 4 heteroatoms. The van der Waals surface area contributed by atoms with Gasteiger partial charge in [0.1, 0.15) is 11.3 Å². The van der Waals surface area contributed by atoms with Crippen LogP contribution in [-0.4, -0.2) is 19.4 Å². The van der Waals surface area contributed by atoms with E-state index in [9.17, 15) is 0 Å². The van der Waals surface area contributed by atoms with E-state index < -0.39 is 0 Å². The minimum atomic E-state index is 0.901. The molecule has 0 atom stereocenters. The first-order chi connectivity index (χ1) is 12.3. The van der Waals surface area contributed by atoms with E-state index in [-0.39, 0.29) is 0 Å². The third-order valence-corrected chi connectivity index (χ3v) is 4.69. The second kappa shape index (κ2) is 5.31. The Morgan fingerprint density at radius 2 is 1.88 bits per heavy atom. The standard InChI is InChI=1S/C21H16N4/c1-14-4-2-3-5-17(14)16-10-18-19(12-24-21(18)23-11-16)15-6-7-20-22-8-9-25(20)13-15/h2-13H,1H3,(H,23,24). The second-order valence-electron chi connectivity index (χ2n) is 6.25. The van der Waals surface area contributed by atoms with Crippen molar-refractivity contribution < 1.29 is 0 Å². The molecule has 0 fully saturated rings. The highest BCUT2D eigenvalue weighted by atomic mass is 15.0. The molecule has 5 rings (SSSR count). The fourth-order valence-corrected chi connectivity index (χ4v) is 3.37. The van der Waals surface area contributed by atoms with Gasteiger partial charge in [-0.25, -0.2) is 9.97 Å². The third kappa shape index (κ3) is 2.22. The predicted octanol–water partition coefficient (Wildman–Crippen LogP) is 4.85. The lowest BCUT2D eigenvalue weighted by atomic mass is 10.00. The highest BCUT2D eigenvalue weighted by Crippen LogP contribution is 2.32. The molecule has 0 aliphatic rings. The molecule has 0 saturated carbocycles. The van der Waals surface area contributed by atoms with E-state index >= 15 is 0 Å². The van der Waals surface area contributed by atoms with Gasteiger partial charge in [0, 0.05) is 53.1 Å². The molecular weight excluding hydrogens is 308 g/mol. The number of aromatic nitrogens is 4. The summed E-state index contributed by atoms with van der Waals surface area (Å²) in [7, 11) is 0. The fourth-order valence-electron chi connectivity index (χ4n) is 3.37. The summed E-state index contributed by atoms with van der Waals surface area (Å²) in [5, 5.41) is 1.13. The molecule has 0 radical (unpaired) electrons. The van der Waals surface area contributed by atoms with Gasteiger partial charge in [-0.1, -0.05) is 24.3 Å². The molecule has 4 nitrogen and oxygen atoms in total. The number of fused-ring (bicyclic) bond motifs is 2. The van der Waals surface area contributed by atoms with Crippen molar-refractivity contribution in [2.75, 3.05) is 0 Å². The topological polar surface area (TPSA) is 46.0 Å². The Bertz CT molecular complexity index is 1210. The minimum absolute atomic E-state index is 0.901. The third-order valence-electron chi connectivity index (χ3n) is 4.69. The number of hydrogen-bond donors (Lipinski definition) is 1. The molecule has 1 aromatic carbocycles. The van der Waals surface area contributed by atoms with E-state index in [4.69, 9.17) is 0 Å². The second-order valence-corrected chi connectivity index (χ2v) is 6.25. The summed E-state index contributed by atoms with van der Waals surface area (Å²) >= 11 is 0. The van der Waals surface area contributed by atoms with Crippen molar-refractivity contribution >= 4 is 16.7 Å². The Morgan fingerprint density at radius 1 is 0.960 bits per heavy atom. The molecule has 25 heavy (non-hydrogen) atoms. The Balaban J connectivity index is 1.71. The highest BCUT2D eigenvalue weighted by molar-refractivity contribution is 5.96. The first-order valence-electron chi connectivity index (χ1n) is 8.26. The normalized spacial score (nSPS) is 11.4. The lowest BCUT2D eigenvalue weighted by Gasteiger charge is -2.06. The molecule has 5 aromatic rings. The molecule has 120 valence electrons. The molecule has 0 aliphatic heterocycles. The molecular formula is C21H16N4. The quantitative estimate of drug-likeness (QED) is 0.504. The lowest BCUT2D eigenvalue weighted by Crippen LogP contribution is -1.87. The summed E-state index contributed by atoms with van der Waals surface area (Å²) in [5.74, 6) is 0. The number of aromatic amines is 1. The van der Waals surface area contributed by atoms with Crippen LogP contribution in [0.1, 0.15) is 5.56 Å². The van der Waals surface area contributed by atoms with Crippen molar-refractivity contribution in [3.05, 3.63) is 79.0 Å². The largest absolute Gasteiger partial charge is 0.346 e. The van der Waals surface area contributed by atoms with E-state index in [0.29, 0.717) is 0 Å². The van der Waals surface area contributed by atoms with Gasteiger partial charge in [-0.3, -0.25) is 0 Å².